The van der Waals surface area contributed by atoms with Crippen LogP contribution in [0.4, 0.5) is 0 Å². The summed E-state index contributed by atoms with van der Waals surface area (Å²) in [7, 11) is 0. The summed E-state index contributed by atoms with van der Waals surface area (Å²) in [6.45, 7) is 0. The topological polar surface area (TPSA) is 67.3 Å². The van der Waals surface area contributed by atoms with Gasteiger partial charge in [0.2, 0.25) is 0 Å². The second kappa shape index (κ2) is 9.45. The van der Waals surface area contributed by atoms with Crippen molar-refractivity contribution >= 4 is 28.6 Å². The summed E-state index contributed by atoms with van der Waals surface area (Å²) in [5.74, 6) is 0.0690. The quantitative estimate of drug-likeness (QED) is 0.615. The van der Waals surface area contributed by atoms with Crippen molar-refractivity contribution in [2.45, 2.75) is 51.4 Å². The lowest BCUT2D eigenvalue weighted by Crippen LogP contribution is -2.13. The Labute approximate surface area is 160 Å². The summed E-state index contributed by atoms with van der Waals surface area (Å²) >= 11 is 0. The molecule has 0 bridgehead atoms. The van der Waals surface area contributed by atoms with E-state index in [4.69, 9.17) is 5.11 Å². The Bertz CT molecular complexity index is 822. The third kappa shape index (κ3) is 5.25. The number of carboxylic acids is 1. The lowest BCUT2D eigenvalue weighted by molar-refractivity contribution is -0.137. The van der Waals surface area contributed by atoms with Crippen molar-refractivity contribution in [2.75, 3.05) is 0 Å². The number of unbranched alkanes of at least 4 members (excludes halogenated alkanes) is 3. The van der Waals surface area contributed by atoms with Crippen molar-refractivity contribution < 1.29 is 14.7 Å². The van der Waals surface area contributed by atoms with Gasteiger partial charge in [-0.3, -0.25) is 14.6 Å². The molecule has 0 radical (unpaired) electrons. The third-order valence-corrected chi connectivity index (χ3v) is 5.53. The zero-order chi connectivity index (χ0) is 19.1. The summed E-state index contributed by atoms with van der Waals surface area (Å²) in [5, 5.41) is 11.0. The number of hydrogen-bond acceptors (Lipinski definition) is 3. The molecule has 1 N–H and O–H groups in total. The number of allylic oxidation sites excluding steroid dienone is 1. The second-order valence-electron chi connectivity index (χ2n) is 7.43. The maximum absolute atomic E-state index is 12.3. The summed E-state index contributed by atoms with van der Waals surface area (Å²) in [5.41, 5.74) is 1.10. The highest BCUT2D eigenvalue weighted by atomic mass is 16.4. The maximum Gasteiger partial charge on any atom is 0.303 e. The number of fused-ring (bicyclic) bond motifs is 1. The van der Waals surface area contributed by atoms with Gasteiger partial charge in [0.15, 0.2) is 0 Å². The molecule has 27 heavy (non-hydrogen) atoms. The molecule has 0 aliphatic heterocycles. The smallest absolute Gasteiger partial charge is 0.303 e. The molecule has 1 aromatic carbocycles. The summed E-state index contributed by atoms with van der Waals surface area (Å²) in [6.07, 6.45) is 14.5. The monoisotopic (exact) mass is 365 g/mol. The van der Waals surface area contributed by atoms with Gasteiger partial charge in [-0.05, 0) is 30.6 Å². The molecule has 1 saturated carbocycles. The number of aliphatic carboxylic acids is 1. The minimum Gasteiger partial charge on any atom is -0.481 e. The van der Waals surface area contributed by atoms with Gasteiger partial charge in [0.25, 0.3) is 0 Å². The van der Waals surface area contributed by atoms with Crippen LogP contribution < -0.4 is 0 Å². The summed E-state index contributed by atoms with van der Waals surface area (Å²) in [6, 6.07) is 8.21. The molecule has 1 fully saturated rings. The maximum atomic E-state index is 12.3. The van der Waals surface area contributed by atoms with Gasteiger partial charge in [-0.2, -0.15) is 0 Å². The van der Waals surface area contributed by atoms with Crippen molar-refractivity contribution in [3.05, 3.63) is 48.3 Å². The average molecular weight is 365 g/mol. The average Bonchev–Trinajstić information content (AvgIpc) is 3.02. The number of hydrogen-bond donors (Lipinski definition) is 1. The Morgan fingerprint density at radius 3 is 2.81 bits per heavy atom. The van der Waals surface area contributed by atoms with Crippen LogP contribution in [0.3, 0.4) is 0 Å². The Hall–Kier alpha value is -2.49. The Morgan fingerprint density at radius 1 is 1.15 bits per heavy atom. The van der Waals surface area contributed by atoms with Gasteiger partial charge in [0.05, 0.1) is 0 Å². The van der Waals surface area contributed by atoms with Gasteiger partial charge in [0.1, 0.15) is 5.78 Å². The van der Waals surface area contributed by atoms with E-state index in [2.05, 4.69) is 29.3 Å². The first-order valence-electron chi connectivity index (χ1n) is 9.90. The minimum absolute atomic E-state index is 0.114. The van der Waals surface area contributed by atoms with Crippen LogP contribution in [0.1, 0.15) is 56.9 Å². The van der Waals surface area contributed by atoms with Crippen molar-refractivity contribution in [1.29, 1.82) is 0 Å². The fraction of sp³-hybridized carbons (Fsp3) is 0.435. The normalized spacial score (nSPS) is 19.9. The van der Waals surface area contributed by atoms with Crippen LogP contribution in [-0.2, 0) is 9.59 Å². The standard InChI is InChI=1S/C23H27NO3/c25-22-14-13-17(21(22)9-3-1-2-4-10-23(26)27)11-12-19-16-24-15-18-7-5-6-8-20(18)19/h5-8,11-12,15-17,21H,1-4,9-10,13-14H2,(H,26,27)/t17-,21+/m1/s1. The largest absolute Gasteiger partial charge is 0.481 e. The van der Waals surface area contributed by atoms with E-state index in [0.717, 1.165) is 49.5 Å². The van der Waals surface area contributed by atoms with Crippen LogP contribution in [0, 0.1) is 11.8 Å². The number of rotatable bonds is 9. The van der Waals surface area contributed by atoms with E-state index in [-0.39, 0.29) is 12.3 Å². The van der Waals surface area contributed by atoms with Gasteiger partial charge in [-0.25, -0.2) is 0 Å². The van der Waals surface area contributed by atoms with E-state index in [9.17, 15) is 9.59 Å². The summed E-state index contributed by atoms with van der Waals surface area (Å²) < 4.78 is 0. The van der Waals surface area contributed by atoms with Crippen LogP contribution in [-0.4, -0.2) is 21.8 Å². The van der Waals surface area contributed by atoms with Crippen LogP contribution in [0.2, 0.25) is 0 Å². The van der Waals surface area contributed by atoms with Gasteiger partial charge >= 0.3 is 5.97 Å². The Morgan fingerprint density at radius 2 is 1.96 bits per heavy atom. The molecule has 1 aliphatic carbocycles. The fourth-order valence-corrected chi connectivity index (χ4v) is 4.03. The zero-order valence-electron chi connectivity index (χ0n) is 15.6. The minimum atomic E-state index is -0.728. The molecule has 2 atom stereocenters. The van der Waals surface area contributed by atoms with Crippen LogP contribution in [0.25, 0.3) is 16.8 Å². The van der Waals surface area contributed by atoms with E-state index in [1.807, 2.05) is 24.5 Å². The van der Waals surface area contributed by atoms with Gasteiger partial charge in [-0.15, -0.1) is 0 Å². The molecule has 3 rings (SSSR count). The molecular weight excluding hydrogens is 338 g/mol. The Balaban J connectivity index is 1.57. The SMILES string of the molecule is O=C(O)CCCCCC[C@@H]1C(=O)CC[C@H]1C=Cc1cncc2ccccc12. The third-order valence-electron chi connectivity index (χ3n) is 5.53. The van der Waals surface area contributed by atoms with Crippen molar-refractivity contribution in [1.82, 2.24) is 4.98 Å². The molecule has 1 aliphatic rings. The molecule has 2 aromatic rings. The first kappa shape index (κ1) is 19.3. The summed E-state index contributed by atoms with van der Waals surface area (Å²) in [4.78, 5) is 27.2. The number of nitrogens with zero attached hydrogens (tertiary/aromatic N) is 1. The molecule has 1 heterocycles. The molecule has 0 unspecified atom stereocenters. The lowest BCUT2D eigenvalue weighted by Gasteiger charge is -2.15. The molecule has 4 heteroatoms. The fourth-order valence-electron chi connectivity index (χ4n) is 4.03. The highest BCUT2D eigenvalue weighted by Gasteiger charge is 2.32. The number of benzene rings is 1. The number of carbonyl (C=O) groups is 2. The van der Waals surface area contributed by atoms with Crippen LogP contribution in [0.5, 0.6) is 0 Å². The van der Waals surface area contributed by atoms with Crippen molar-refractivity contribution in [2.24, 2.45) is 11.8 Å². The molecule has 0 spiro atoms. The zero-order valence-corrected chi connectivity index (χ0v) is 15.6. The van der Waals surface area contributed by atoms with Crippen LogP contribution in [0.15, 0.2) is 42.7 Å². The number of carboxylic acid groups (broad SMARTS) is 1. The number of Topliss-reactive ketones (excluding diaryl/α,β-unsaturated/α-hetero) is 1. The number of pyridine rings is 1. The number of carbonyl (C=O) groups excluding carboxylic acids is 1. The second-order valence-corrected chi connectivity index (χ2v) is 7.43. The van der Waals surface area contributed by atoms with E-state index < -0.39 is 5.97 Å². The van der Waals surface area contributed by atoms with E-state index in [1.54, 1.807) is 0 Å². The van der Waals surface area contributed by atoms with Gasteiger partial charge in [0, 0.05) is 42.1 Å². The van der Waals surface area contributed by atoms with Crippen LogP contribution >= 0.6 is 0 Å². The highest BCUT2D eigenvalue weighted by Crippen LogP contribution is 2.34. The Kier molecular flexibility index (Phi) is 6.74. The van der Waals surface area contributed by atoms with Crippen molar-refractivity contribution in [3.63, 3.8) is 0 Å². The highest BCUT2D eigenvalue weighted by molar-refractivity contribution is 5.90. The number of aromatic nitrogens is 1. The van der Waals surface area contributed by atoms with E-state index in [1.165, 1.54) is 5.39 Å². The lowest BCUT2D eigenvalue weighted by atomic mass is 9.89. The molecule has 142 valence electrons. The molecule has 1 aromatic heterocycles. The van der Waals surface area contributed by atoms with E-state index in [0.29, 0.717) is 18.1 Å². The first-order valence-corrected chi connectivity index (χ1v) is 9.90. The first-order chi connectivity index (χ1) is 13.1. The van der Waals surface area contributed by atoms with Gasteiger partial charge in [-0.1, -0.05) is 55.7 Å². The molecule has 4 nitrogen and oxygen atoms in total. The molecule has 0 amide bonds. The molecular formula is C23H27NO3. The van der Waals surface area contributed by atoms with E-state index >= 15 is 0 Å². The molecule has 0 saturated heterocycles. The predicted octanol–water partition coefficient (Wildman–Crippen LogP) is 5.27. The van der Waals surface area contributed by atoms with Gasteiger partial charge < -0.3 is 5.11 Å². The van der Waals surface area contributed by atoms with Crippen molar-refractivity contribution in [3.8, 4) is 0 Å². The predicted molar refractivity (Wildman–Crippen MR) is 107 cm³/mol. The number of ketones is 1.